The Balaban J connectivity index is 1.97. The van der Waals surface area contributed by atoms with Crippen LogP contribution >= 0.6 is 11.6 Å². The third kappa shape index (κ3) is 2.80. The zero-order chi connectivity index (χ0) is 11.4. The van der Waals surface area contributed by atoms with Crippen molar-refractivity contribution < 1.29 is 9.47 Å². The summed E-state index contributed by atoms with van der Waals surface area (Å²) in [4.78, 5) is 0. The summed E-state index contributed by atoms with van der Waals surface area (Å²) in [6.07, 6.45) is 1.09. The summed E-state index contributed by atoms with van der Waals surface area (Å²) in [5.41, 5.74) is 0.923. The van der Waals surface area contributed by atoms with Crippen LogP contribution in [0, 0.1) is 5.92 Å². The average molecular weight is 242 g/mol. The Morgan fingerprint density at radius 1 is 1.56 bits per heavy atom. The van der Waals surface area contributed by atoms with E-state index in [-0.39, 0.29) is 0 Å². The van der Waals surface area contributed by atoms with Gasteiger partial charge in [0, 0.05) is 24.6 Å². The summed E-state index contributed by atoms with van der Waals surface area (Å²) in [5, 5.41) is 3.78. The number of hydrogen-bond acceptors (Lipinski definition) is 3. The molecule has 3 nitrogen and oxygen atoms in total. The number of rotatable bonds is 4. The molecule has 1 heterocycles. The van der Waals surface area contributed by atoms with E-state index >= 15 is 0 Å². The van der Waals surface area contributed by atoms with E-state index in [9.17, 15) is 0 Å². The molecule has 0 radical (unpaired) electrons. The smallest absolute Gasteiger partial charge is 0.142 e. The monoisotopic (exact) mass is 241 g/mol. The second-order valence-electron chi connectivity index (χ2n) is 3.93. The van der Waals surface area contributed by atoms with Crippen LogP contribution in [0.15, 0.2) is 18.2 Å². The highest BCUT2D eigenvalue weighted by atomic mass is 35.5. The molecule has 0 amide bonds. The van der Waals surface area contributed by atoms with Crippen LogP contribution in [0.2, 0.25) is 5.02 Å². The molecule has 0 saturated carbocycles. The van der Waals surface area contributed by atoms with Crippen molar-refractivity contribution in [2.24, 2.45) is 5.92 Å². The van der Waals surface area contributed by atoms with Crippen LogP contribution in [-0.2, 0) is 4.74 Å². The van der Waals surface area contributed by atoms with Gasteiger partial charge in [0.15, 0.2) is 0 Å². The maximum atomic E-state index is 5.91. The molecule has 1 aromatic rings. The normalized spacial score (nSPS) is 19.8. The summed E-state index contributed by atoms with van der Waals surface area (Å²) in [7, 11) is 1.86. The maximum Gasteiger partial charge on any atom is 0.142 e. The van der Waals surface area contributed by atoms with Gasteiger partial charge in [-0.25, -0.2) is 0 Å². The van der Waals surface area contributed by atoms with Crippen LogP contribution in [0.5, 0.6) is 5.75 Å². The molecular weight excluding hydrogens is 226 g/mol. The fraction of sp³-hybridized carbons (Fsp3) is 0.500. The molecular formula is C12H16ClNO2. The van der Waals surface area contributed by atoms with Crippen LogP contribution in [0.25, 0.3) is 0 Å². The number of hydrogen-bond donors (Lipinski definition) is 1. The van der Waals surface area contributed by atoms with Gasteiger partial charge in [0.25, 0.3) is 0 Å². The van der Waals surface area contributed by atoms with E-state index in [4.69, 9.17) is 21.1 Å². The molecule has 1 N–H and O–H groups in total. The molecule has 1 atom stereocenters. The first-order valence-corrected chi connectivity index (χ1v) is 5.85. The topological polar surface area (TPSA) is 30.5 Å². The zero-order valence-electron chi connectivity index (χ0n) is 9.33. The second-order valence-corrected chi connectivity index (χ2v) is 4.37. The molecule has 1 unspecified atom stereocenters. The first kappa shape index (κ1) is 11.6. The third-order valence-corrected chi connectivity index (χ3v) is 2.94. The zero-order valence-corrected chi connectivity index (χ0v) is 10.1. The van der Waals surface area contributed by atoms with Crippen molar-refractivity contribution in [3.05, 3.63) is 23.2 Å². The van der Waals surface area contributed by atoms with Crippen molar-refractivity contribution >= 4 is 17.3 Å². The maximum absolute atomic E-state index is 5.91. The molecule has 1 fully saturated rings. The van der Waals surface area contributed by atoms with Crippen LogP contribution < -0.4 is 10.1 Å². The van der Waals surface area contributed by atoms with Crippen molar-refractivity contribution in [1.29, 1.82) is 0 Å². The van der Waals surface area contributed by atoms with Crippen molar-refractivity contribution in [2.45, 2.75) is 6.42 Å². The quantitative estimate of drug-likeness (QED) is 0.879. The van der Waals surface area contributed by atoms with Gasteiger partial charge in [0.1, 0.15) is 5.75 Å². The van der Waals surface area contributed by atoms with Crippen LogP contribution in [0.3, 0.4) is 0 Å². The predicted molar refractivity (Wildman–Crippen MR) is 65.4 cm³/mol. The van der Waals surface area contributed by atoms with Gasteiger partial charge >= 0.3 is 0 Å². The molecule has 2 rings (SSSR count). The third-order valence-electron chi connectivity index (χ3n) is 2.71. The van der Waals surface area contributed by atoms with Crippen LogP contribution in [-0.4, -0.2) is 26.9 Å². The first-order valence-electron chi connectivity index (χ1n) is 5.47. The van der Waals surface area contributed by atoms with Crippen molar-refractivity contribution in [1.82, 2.24) is 0 Å². The fourth-order valence-electron chi connectivity index (χ4n) is 1.75. The molecule has 0 aromatic heterocycles. The second kappa shape index (κ2) is 5.41. The number of benzene rings is 1. The lowest BCUT2D eigenvalue weighted by molar-refractivity contribution is 0.167. The van der Waals surface area contributed by atoms with E-state index in [0.29, 0.717) is 17.5 Å². The molecule has 0 aliphatic carbocycles. The highest BCUT2D eigenvalue weighted by molar-refractivity contribution is 6.30. The van der Waals surface area contributed by atoms with Gasteiger partial charge in [-0.15, -0.1) is 0 Å². The molecule has 88 valence electrons. The molecule has 1 aliphatic heterocycles. The van der Waals surface area contributed by atoms with Crippen molar-refractivity contribution in [2.75, 3.05) is 32.2 Å². The van der Waals surface area contributed by atoms with E-state index in [0.717, 1.165) is 31.1 Å². The average Bonchev–Trinajstić information content (AvgIpc) is 2.80. The highest BCUT2D eigenvalue weighted by Gasteiger charge is 2.16. The Morgan fingerprint density at radius 3 is 3.12 bits per heavy atom. The molecule has 0 spiro atoms. The molecule has 16 heavy (non-hydrogen) atoms. The van der Waals surface area contributed by atoms with Crippen molar-refractivity contribution in [3.63, 3.8) is 0 Å². The number of ether oxygens (including phenoxy) is 2. The molecule has 1 saturated heterocycles. The minimum absolute atomic E-state index is 0.514. The highest BCUT2D eigenvalue weighted by Crippen LogP contribution is 2.28. The van der Waals surface area contributed by atoms with Gasteiger partial charge in [0.2, 0.25) is 0 Å². The van der Waals surface area contributed by atoms with E-state index in [1.54, 1.807) is 0 Å². The minimum atomic E-state index is 0.514. The Morgan fingerprint density at radius 2 is 2.44 bits per heavy atom. The van der Waals surface area contributed by atoms with E-state index in [1.165, 1.54) is 0 Å². The largest absolute Gasteiger partial charge is 0.491 e. The molecule has 4 heteroatoms. The Kier molecular flexibility index (Phi) is 3.91. The van der Waals surface area contributed by atoms with Crippen molar-refractivity contribution in [3.8, 4) is 5.75 Å². The molecule has 0 bridgehead atoms. The number of anilines is 1. The summed E-state index contributed by atoms with van der Waals surface area (Å²) in [6.45, 7) is 2.37. The minimum Gasteiger partial charge on any atom is -0.491 e. The van der Waals surface area contributed by atoms with Gasteiger partial charge in [-0.2, -0.15) is 0 Å². The standard InChI is InChI=1S/C12H16ClNO2/c1-14-11-6-10(13)2-3-12(11)16-8-9-4-5-15-7-9/h2-3,6,9,14H,4-5,7-8H2,1H3. The lowest BCUT2D eigenvalue weighted by atomic mass is 10.1. The predicted octanol–water partition coefficient (Wildman–Crippen LogP) is 2.80. The summed E-state index contributed by atoms with van der Waals surface area (Å²) < 4.78 is 11.1. The summed E-state index contributed by atoms with van der Waals surface area (Å²) in [5.74, 6) is 1.36. The Bertz CT molecular complexity index is 351. The lowest BCUT2D eigenvalue weighted by Gasteiger charge is -2.13. The lowest BCUT2D eigenvalue weighted by Crippen LogP contribution is -2.12. The van der Waals surface area contributed by atoms with Crippen LogP contribution in [0.1, 0.15) is 6.42 Å². The SMILES string of the molecule is CNc1cc(Cl)ccc1OCC1CCOC1. The van der Waals surface area contributed by atoms with Gasteiger partial charge in [0.05, 0.1) is 18.9 Å². The first-order chi connectivity index (χ1) is 7.79. The van der Waals surface area contributed by atoms with Gasteiger partial charge in [-0.05, 0) is 24.6 Å². The van der Waals surface area contributed by atoms with E-state index in [2.05, 4.69) is 5.32 Å². The fourth-order valence-corrected chi connectivity index (χ4v) is 1.92. The van der Waals surface area contributed by atoms with Gasteiger partial charge < -0.3 is 14.8 Å². The van der Waals surface area contributed by atoms with E-state index < -0.39 is 0 Å². The number of nitrogens with one attached hydrogen (secondary N) is 1. The summed E-state index contributed by atoms with van der Waals surface area (Å²) in [6, 6.07) is 5.59. The molecule has 1 aromatic carbocycles. The molecule has 1 aliphatic rings. The van der Waals surface area contributed by atoms with Gasteiger partial charge in [-0.1, -0.05) is 11.6 Å². The van der Waals surface area contributed by atoms with Crippen LogP contribution in [0.4, 0.5) is 5.69 Å². The number of halogens is 1. The van der Waals surface area contributed by atoms with E-state index in [1.807, 2.05) is 25.2 Å². The Hall–Kier alpha value is -0.930. The Labute approximate surface area is 101 Å². The van der Waals surface area contributed by atoms with Gasteiger partial charge in [-0.3, -0.25) is 0 Å². The summed E-state index contributed by atoms with van der Waals surface area (Å²) >= 11 is 5.91.